The van der Waals surface area contributed by atoms with Crippen LogP contribution in [0.4, 0.5) is 0 Å². The van der Waals surface area contributed by atoms with Crippen LogP contribution in [0.15, 0.2) is 17.2 Å². The van der Waals surface area contributed by atoms with Crippen molar-refractivity contribution in [1.29, 1.82) is 0 Å². The summed E-state index contributed by atoms with van der Waals surface area (Å²) in [5.41, 5.74) is 0. The summed E-state index contributed by atoms with van der Waals surface area (Å²) in [4.78, 5) is 20.9. The highest BCUT2D eigenvalue weighted by Crippen LogP contribution is 2.07. The van der Waals surface area contributed by atoms with E-state index in [9.17, 15) is 9.59 Å². The van der Waals surface area contributed by atoms with Crippen molar-refractivity contribution in [2.24, 2.45) is 0 Å². The van der Waals surface area contributed by atoms with E-state index in [2.05, 4.69) is 6.08 Å². The van der Waals surface area contributed by atoms with Gasteiger partial charge in [-0.1, -0.05) is 11.6 Å². The summed E-state index contributed by atoms with van der Waals surface area (Å²) in [5, 5.41) is -0.0428. The van der Waals surface area contributed by atoms with Crippen LogP contribution in [0.25, 0.3) is 0 Å². The number of carbonyl (C=O) groups excluding carboxylic acids is 2. The molecule has 0 aromatic rings. The van der Waals surface area contributed by atoms with Gasteiger partial charge in [0.05, 0.1) is 5.03 Å². The minimum Gasteiger partial charge on any atom is -0.285 e. The van der Waals surface area contributed by atoms with Gasteiger partial charge in [-0.3, -0.25) is 9.59 Å². The molecule has 0 fully saturated rings. The Morgan fingerprint density at radius 3 is 2.56 bits per heavy atom. The quantitative estimate of drug-likeness (QED) is 0.366. The maximum absolute atomic E-state index is 10.5. The first kappa shape index (κ1) is 6.23. The maximum Gasteiger partial charge on any atom is 0.244 e. The zero-order valence-corrected chi connectivity index (χ0v) is 5.11. The molecule has 0 saturated carbocycles. The predicted octanol–water partition coefficient (Wildman–Crippen LogP) is 0.620. The van der Waals surface area contributed by atoms with Crippen molar-refractivity contribution in [1.82, 2.24) is 0 Å². The molecule has 0 aromatic heterocycles. The SMILES string of the molecule is O=C1[C]=CC=C(Cl)C1=O. The lowest BCUT2D eigenvalue weighted by Gasteiger charge is -1.94. The van der Waals surface area contributed by atoms with E-state index in [4.69, 9.17) is 11.6 Å². The Bertz CT molecular complexity index is 225. The lowest BCUT2D eigenvalue weighted by Crippen LogP contribution is -2.13. The Hall–Kier alpha value is -0.890. The standard InChI is InChI=1S/C6H2ClO2/c7-4-2-1-3-5(8)6(4)9/h1-2H. The highest BCUT2D eigenvalue weighted by molar-refractivity contribution is 6.59. The Morgan fingerprint density at radius 1 is 1.44 bits per heavy atom. The summed E-state index contributed by atoms with van der Waals surface area (Å²) in [6.45, 7) is 0. The van der Waals surface area contributed by atoms with Crippen LogP contribution in [0.5, 0.6) is 0 Å². The summed E-state index contributed by atoms with van der Waals surface area (Å²) in [6, 6.07) is 0. The monoisotopic (exact) mass is 141 g/mol. The molecule has 1 radical (unpaired) electrons. The smallest absolute Gasteiger partial charge is 0.244 e. The number of rotatable bonds is 0. The van der Waals surface area contributed by atoms with Crippen molar-refractivity contribution in [3.05, 3.63) is 23.3 Å². The molecular weight excluding hydrogens is 140 g/mol. The van der Waals surface area contributed by atoms with Crippen LogP contribution in [0.1, 0.15) is 0 Å². The van der Waals surface area contributed by atoms with Crippen molar-refractivity contribution in [3.63, 3.8) is 0 Å². The molecule has 1 aliphatic rings. The molecule has 9 heavy (non-hydrogen) atoms. The van der Waals surface area contributed by atoms with E-state index in [1.54, 1.807) is 0 Å². The molecule has 0 atom stereocenters. The van der Waals surface area contributed by atoms with Crippen LogP contribution in [0.3, 0.4) is 0 Å². The zero-order valence-electron chi connectivity index (χ0n) is 4.35. The van der Waals surface area contributed by atoms with Crippen molar-refractivity contribution in [3.8, 4) is 0 Å². The molecule has 0 saturated heterocycles. The third-order valence-corrected chi connectivity index (χ3v) is 1.16. The van der Waals surface area contributed by atoms with E-state index in [-0.39, 0.29) is 5.03 Å². The molecule has 0 spiro atoms. The predicted molar refractivity (Wildman–Crippen MR) is 31.8 cm³/mol. The van der Waals surface area contributed by atoms with Gasteiger partial charge in [0, 0.05) is 6.08 Å². The summed E-state index contributed by atoms with van der Waals surface area (Å²) < 4.78 is 0. The van der Waals surface area contributed by atoms with Gasteiger partial charge in [0.15, 0.2) is 0 Å². The molecular formula is C6H2ClO2. The van der Waals surface area contributed by atoms with Gasteiger partial charge in [0.2, 0.25) is 11.6 Å². The zero-order chi connectivity index (χ0) is 6.85. The third-order valence-electron chi connectivity index (χ3n) is 0.867. The number of Topliss-reactive ketones (excluding diaryl/α,β-unsaturated/α-hetero) is 2. The second-order valence-electron chi connectivity index (χ2n) is 1.48. The van der Waals surface area contributed by atoms with Gasteiger partial charge in [0.25, 0.3) is 0 Å². The van der Waals surface area contributed by atoms with Crippen LogP contribution in [-0.2, 0) is 9.59 Å². The lowest BCUT2D eigenvalue weighted by molar-refractivity contribution is -0.131. The van der Waals surface area contributed by atoms with Crippen LogP contribution in [0, 0.1) is 6.08 Å². The van der Waals surface area contributed by atoms with Crippen molar-refractivity contribution in [2.75, 3.05) is 0 Å². The molecule has 0 aromatic carbocycles. The third kappa shape index (κ3) is 1.08. The van der Waals surface area contributed by atoms with Crippen LogP contribution in [-0.4, -0.2) is 11.6 Å². The van der Waals surface area contributed by atoms with E-state index in [0.29, 0.717) is 0 Å². The first-order valence-corrected chi connectivity index (χ1v) is 2.64. The fourth-order valence-electron chi connectivity index (χ4n) is 0.440. The fourth-order valence-corrected chi connectivity index (χ4v) is 0.589. The Labute approximate surface area is 56.8 Å². The minimum atomic E-state index is -0.681. The van der Waals surface area contributed by atoms with Gasteiger partial charge in [-0.2, -0.15) is 0 Å². The average molecular weight is 142 g/mol. The van der Waals surface area contributed by atoms with Gasteiger partial charge >= 0.3 is 0 Å². The highest BCUT2D eigenvalue weighted by Gasteiger charge is 2.16. The van der Waals surface area contributed by atoms with E-state index in [1.165, 1.54) is 12.2 Å². The first-order chi connectivity index (χ1) is 4.22. The molecule has 1 rings (SSSR count). The number of ketones is 2. The topological polar surface area (TPSA) is 34.1 Å². The molecule has 2 nitrogen and oxygen atoms in total. The van der Waals surface area contributed by atoms with Gasteiger partial charge < -0.3 is 0 Å². The van der Waals surface area contributed by atoms with Gasteiger partial charge in [-0.05, 0) is 12.2 Å². The van der Waals surface area contributed by atoms with Crippen LogP contribution >= 0.6 is 11.6 Å². The molecule has 0 bridgehead atoms. The Morgan fingerprint density at radius 2 is 2.11 bits per heavy atom. The van der Waals surface area contributed by atoms with Gasteiger partial charge in [0.1, 0.15) is 0 Å². The summed E-state index contributed by atoms with van der Waals surface area (Å²) >= 11 is 5.28. The molecule has 0 N–H and O–H groups in total. The molecule has 0 amide bonds. The Kier molecular flexibility index (Phi) is 1.49. The maximum atomic E-state index is 10.5. The first-order valence-electron chi connectivity index (χ1n) is 2.26. The van der Waals surface area contributed by atoms with Crippen LogP contribution in [0.2, 0.25) is 0 Å². The second kappa shape index (κ2) is 2.15. The summed E-state index contributed by atoms with van der Waals surface area (Å²) in [5.74, 6) is -1.36. The molecule has 0 aliphatic heterocycles. The number of carbonyl (C=O) groups is 2. The van der Waals surface area contributed by atoms with E-state index in [0.717, 1.165) is 0 Å². The molecule has 1 aliphatic carbocycles. The number of hydrogen-bond acceptors (Lipinski definition) is 2. The van der Waals surface area contributed by atoms with E-state index < -0.39 is 11.6 Å². The summed E-state index contributed by atoms with van der Waals surface area (Å²) in [6.07, 6.45) is 4.85. The molecule has 3 heteroatoms. The van der Waals surface area contributed by atoms with E-state index >= 15 is 0 Å². The lowest BCUT2D eigenvalue weighted by atomic mass is 10.1. The van der Waals surface area contributed by atoms with Gasteiger partial charge in [-0.15, -0.1) is 0 Å². The van der Waals surface area contributed by atoms with Crippen LogP contribution < -0.4 is 0 Å². The number of halogens is 1. The minimum absolute atomic E-state index is 0.0428. The average Bonchev–Trinajstić information content (AvgIpc) is 1.83. The normalized spacial score (nSPS) is 18.1. The highest BCUT2D eigenvalue weighted by atomic mass is 35.5. The van der Waals surface area contributed by atoms with Crippen molar-refractivity contribution in [2.45, 2.75) is 0 Å². The molecule has 0 unspecified atom stereocenters. The number of hydrogen-bond donors (Lipinski definition) is 0. The van der Waals surface area contributed by atoms with Gasteiger partial charge in [-0.25, -0.2) is 0 Å². The number of allylic oxidation sites excluding steroid dienone is 4. The largest absolute Gasteiger partial charge is 0.285 e. The van der Waals surface area contributed by atoms with Crippen molar-refractivity contribution >= 4 is 23.2 Å². The summed E-state index contributed by atoms with van der Waals surface area (Å²) in [7, 11) is 0. The van der Waals surface area contributed by atoms with Crippen molar-refractivity contribution < 1.29 is 9.59 Å². The van der Waals surface area contributed by atoms with E-state index in [1.807, 2.05) is 0 Å². The molecule has 45 valence electrons. The Balaban J connectivity index is 3.00. The molecule has 0 heterocycles. The second-order valence-corrected chi connectivity index (χ2v) is 1.89. The fraction of sp³-hybridized carbons (Fsp3) is 0.